The minimum absolute atomic E-state index is 0.0983. The molecule has 0 bridgehead atoms. The van der Waals surface area contributed by atoms with E-state index in [9.17, 15) is 23.3 Å². The topological polar surface area (TPSA) is 114 Å². The number of carbonyl (C=O) groups is 1. The van der Waals surface area contributed by atoms with Crippen LogP contribution in [0.2, 0.25) is 0 Å². The van der Waals surface area contributed by atoms with Crippen LogP contribution in [0.3, 0.4) is 0 Å². The minimum atomic E-state index is -3.96. The third-order valence-corrected chi connectivity index (χ3v) is 6.80. The molecule has 0 saturated carbocycles. The van der Waals surface area contributed by atoms with Crippen molar-refractivity contribution in [2.45, 2.75) is 11.4 Å². The highest BCUT2D eigenvalue weighted by atomic mass is 32.2. The Kier molecular flexibility index (Phi) is 6.57. The average molecular weight is 419 g/mol. The summed E-state index contributed by atoms with van der Waals surface area (Å²) in [7, 11) is -3.96. The fourth-order valence-corrected chi connectivity index (χ4v) is 4.87. The van der Waals surface area contributed by atoms with Crippen molar-refractivity contribution in [3.8, 4) is 0 Å². The number of rotatable bonds is 7. The number of nitrogens with one attached hydrogen (secondary N) is 2. The second kappa shape index (κ2) is 9.12. The van der Waals surface area contributed by atoms with Crippen molar-refractivity contribution < 1.29 is 23.0 Å². The lowest BCUT2D eigenvalue weighted by Gasteiger charge is -2.31. The first kappa shape index (κ1) is 20.9. The normalized spacial score (nSPS) is 15.7. The minimum Gasteiger partial charge on any atom is -0.347 e. The first-order valence-electron chi connectivity index (χ1n) is 9.25. The zero-order chi connectivity index (χ0) is 20.9. The Morgan fingerprint density at radius 1 is 1.07 bits per heavy atom. The van der Waals surface area contributed by atoms with Gasteiger partial charge in [0.25, 0.3) is 11.6 Å². The largest absolute Gasteiger partial charge is 0.347 e. The van der Waals surface area contributed by atoms with Crippen LogP contribution in [0.1, 0.15) is 5.56 Å². The fraction of sp³-hybridized carbons (Fsp3) is 0.316. The van der Waals surface area contributed by atoms with Crippen LogP contribution >= 0.6 is 0 Å². The molecule has 1 aliphatic rings. The van der Waals surface area contributed by atoms with Gasteiger partial charge in [0.15, 0.2) is 11.4 Å². The molecule has 0 aromatic heterocycles. The highest BCUT2D eigenvalue weighted by molar-refractivity contribution is 7.89. The van der Waals surface area contributed by atoms with Crippen molar-refractivity contribution in [1.29, 1.82) is 0 Å². The SMILES string of the molecule is O=C(C[NH+]1CCN(S(=O)(=O)c2ccccc2[N+](=O)[O-])CC1)NCc1ccccc1. The molecule has 2 aromatic rings. The molecule has 154 valence electrons. The monoisotopic (exact) mass is 419 g/mol. The molecular weight excluding hydrogens is 396 g/mol. The van der Waals surface area contributed by atoms with Crippen molar-refractivity contribution in [2.24, 2.45) is 0 Å². The van der Waals surface area contributed by atoms with E-state index >= 15 is 0 Å². The van der Waals surface area contributed by atoms with Gasteiger partial charge in [0.05, 0.1) is 31.1 Å². The number of amides is 1. The third kappa shape index (κ3) is 5.17. The molecule has 0 radical (unpaired) electrons. The van der Waals surface area contributed by atoms with Crippen LogP contribution in [0.4, 0.5) is 5.69 Å². The quantitative estimate of drug-likeness (QED) is 0.477. The van der Waals surface area contributed by atoms with E-state index in [4.69, 9.17) is 0 Å². The Hall–Kier alpha value is -2.82. The van der Waals surface area contributed by atoms with Gasteiger partial charge in [-0.25, -0.2) is 8.42 Å². The number of piperazine rings is 1. The highest BCUT2D eigenvalue weighted by Gasteiger charge is 2.35. The molecule has 2 N–H and O–H groups in total. The smallest absolute Gasteiger partial charge is 0.289 e. The number of nitro groups is 1. The predicted molar refractivity (Wildman–Crippen MR) is 106 cm³/mol. The fourth-order valence-electron chi connectivity index (χ4n) is 3.27. The second-order valence-electron chi connectivity index (χ2n) is 6.82. The summed E-state index contributed by atoms with van der Waals surface area (Å²) in [6, 6.07) is 14.9. The molecule has 10 heteroatoms. The number of carbonyl (C=O) groups excluding carboxylic acids is 1. The molecule has 0 spiro atoms. The standard InChI is InChI=1S/C19H22N4O5S/c24-19(20-14-16-6-2-1-3-7-16)15-21-10-12-22(13-11-21)29(27,28)18-9-5-4-8-17(18)23(25)26/h1-9H,10-15H2,(H,20,24)/p+1. The molecule has 1 amide bonds. The number of hydrogen-bond donors (Lipinski definition) is 2. The van der Waals surface area contributed by atoms with E-state index in [1.807, 2.05) is 30.3 Å². The zero-order valence-electron chi connectivity index (χ0n) is 15.8. The summed E-state index contributed by atoms with van der Waals surface area (Å²) in [6.45, 7) is 2.03. The van der Waals surface area contributed by atoms with Crippen molar-refractivity contribution in [2.75, 3.05) is 32.7 Å². The molecule has 0 aliphatic carbocycles. The number of benzene rings is 2. The summed E-state index contributed by atoms with van der Waals surface area (Å²) in [5.41, 5.74) is 0.582. The molecule has 3 rings (SSSR count). The predicted octanol–water partition coefficient (Wildman–Crippen LogP) is -0.200. The van der Waals surface area contributed by atoms with Gasteiger partial charge in [-0.05, 0) is 11.6 Å². The van der Waals surface area contributed by atoms with Crippen molar-refractivity contribution in [1.82, 2.24) is 9.62 Å². The lowest BCUT2D eigenvalue weighted by Crippen LogP contribution is -3.15. The second-order valence-corrected chi connectivity index (χ2v) is 8.72. The van der Waals surface area contributed by atoms with Crippen molar-refractivity contribution in [3.63, 3.8) is 0 Å². The summed E-state index contributed by atoms with van der Waals surface area (Å²) < 4.78 is 26.9. The number of quaternary nitrogens is 1. The van der Waals surface area contributed by atoms with Crippen molar-refractivity contribution >= 4 is 21.6 Å². The molecule has 1 heterocycles. The van der Waals surface area contributed by atoms with Crippen molar-refractivity contribution in [3.05, 3.63) is 70.3 Å². The van der Waals surface area contributed by atoms with E-state index in [0.717, 1.165) is 10.5 Å². The van der Waals surface area contributed by atoms with Crippen LogP contribution in [-0.4, -0.2) is 56.3 Å². The molecule has 9 nitrogen and oxygen atoms in total. The van der Waals surface area contributed by atoms with Gasteiger partial charge in [-0.2, -0.15) is 4.31 Å². The van der Waals surface area contributed by atoms with Gasteiger partial charge in [-0.3, -0.25) is 14.9 Å². The van der Waals surface area contributed by atoms with Crippen LogP contribution in [0.5, 0.6) is 0 Å². The molecule has 2 aromatic carbocycles. The Morgan fingerprint density at radius 3 is 2.34 bits per heavy atom. The summed E-state index contributed by atoms with van der Waals surface area (Å²) in [4.78, 5) is 23.3. The maximum absolute atomic E-state index is 12.8. The van der Waals surface area contributed by atoms with E-state index in [0.29, 0.717) is 19.6 Å². The van der Waals surface area contributed by atoms with E-state index < -0.39 is 20.6 Å². The lowest BCUT2D eigenvalue weighted by molar-refractivity contribution is -0.895. The van der Waals surface area contributed by atoms with Gasteiger partial charge >= 0.3 is 0 Å². The number of hydrogen-bond acceptors (Lipinski definition) is 5. The van der Waals surface area contributed by atoms with Gasteiger partial charge in [-0.15, -0.1) is 0 Å². The number of nitrogens with zero attached hydrogens (tertiary/aromatic N) is 2. The molecule has 1 aliphatic heterocycles. The molecule has 0 atom stereocenters. The first-order valence-corrected chi connectivity index (χ1v) is 10.7. The third-order valence-electron chi connectivity index (χ3n) is 4.85. The van der Waals surface area contributed by atoms with Gasteiger partial charge in [0.2, 0.25) is 10.0 Å². The van der Waals surface area contributed by atoms with Gasteiger partial charge in [-0.1, -0.05) is 42.5 Å². The van der Waals surface area contributed by atoms with Crippen LogP contribution < -0.4 is 10.2 Å². The number of sulfonamides is 1. The molecular formula is C19H23N4O5S+. The van der Waals surface area contributed by atoms with E-state index in [1.54, 1.807) is 0 Å². The number of nitro benzene ring substituents is 1. The molecule has 1 fully saturated rings. The summed E-state index contributed by atoms with van der Waals surface area (Å²) >= 11 is 0. The Morgan fingerprint density at radius 2 is 1.69 bits per heavy atom. The van der Waals surface area contributed by atoms with Crippen LogP contribution in [0.25, 0.3) is 0 Å². The Labute approximate surface area is 169 Å². The lowest BCUT2D eigenvalue weighted by atomic mass is 10.2. The average Bonchev–Trinajstić information content (AvgIpc) is 2.73. The summed E-state index contributed by atoms with van der Waals surface area (Å²) in [5.74, 6) is -0.0983. The maximum atomic E-state index is 12.8. The highest BCUT2D eigenvalue weighted by Crippen LogP contribution is 2.26. The van der Waals surface area contributed by atoms with Gasteiger partial charge in [0, 0.05) is 12.6 Å². The van der Waals surface area contributed by atoms with E-state index in [2.05, 4.69) is 5.32 Å². The zero-order valence-corrected chi connectivity index (χ0v) is 16.6. The van der Waals surface area contributed by atoms with E-state index in [1.165, 1.54) is 28.6 Å². The summed E-state index contributed by atoms with van der Waals surface area (Å²) in [5, 5.41) is 14.0. The molecule has 0 unspecified atom stereocenters. The maximum Gasteiger partial charge on any atom is 0.289 e. The summed E-state index contributed by atoms with van der Waals surface area (Å²) in [6.07, 6.45) is 0. The van der Waals surface area contributed by atoms with Gasteiger partial charge < -0.3 is 10.2 Å². The molecule has 29 heavy (non-hydrogen) atoms. The van der Waals surface area contributed by atoms with Gasteiger partial charge in [0.1, 0.15) is 0 Å². The van der Waals surface area contributed by atoms with Crippen LogP contribution in [-0.2, 0) is 21.4 Å². The van der Waals surface area contributed by atoms with Crippen LogP contribution in [0, 0.1) is 10.1 Å². The Balaban J connectivity index is 1.55. The molecule has 1 saturated heterocycles. The first-order chi connectivity index (χ1) is 13.9. The van der Waals surface area contributed by atoms with Crippen LogP contribution in [0.15, 0.2) is 59.5 Å². The van der Waals surface area contributed by atoms with E-state index in [-0.39, 0.29) is 30.4 Å². The number of para-hydroxylation sites is 1. The Bertz CT molecular complexity index is 973.